The fraction of sp³-hybridized carbons (Fsp3) is 0.250. The van der Waals surface area contributed by atoms with E-state index in [-0.39, 0.29) is 24.7 Å². The Morgan fingerprint density at radius 3 is 2.61 bits per heavy atom. The summed E-state index contributed by atoms with van der Waals surface area (Å²) in [7, 11) is 0. The first-order chi connectivity index (χ1) is 16.0. The van der Waals surface area contributed by atoms with Gasteiger partial charge in [0.15, 0.2) is 6.61 Å². The van der Waals surface area contributed by atoms with Crippen molar-refractivity contribution in [1.82, 2.24) is 19.2 Å². The number of rotatable bonds is 9. The maximum Gasteiger partial charge on any atom is 0.274 e. The van der Waals surface area contributed by atoms with E-state index in [4.69, 9.17) is 9.47 Å². The van der Waals surface area contributed by atoms with Gasteiger partial charge in [-0.15, -0.1) is 0 Å². The molecule has 1 N–H and O–H groups in total. The van der Waals surface area contributed by atoms with Crippen LogP contribution in [0.5, 0.6) is 11.5 Å². The highest BCUT2D eigenvalue weighted by Gasteiger charge is 2.12. The third kappa shape index (κ3) is 5.20. The number of carbonyl (C=O) groups is 1. The predicted molar refractivity (Wildman–Crippen MR) is 124 cm³/mol. The van der Waals surface area contributed by atoms with Crippen LogP contribution in [0, 0.1) is 6.92 Å². The summed E-state index contributed by atoms with van der Waals surface area (Å²) in [5, 5.41) is 2.80. The zero-order valence-electron chi connectivity index (χ0n) is 18.5. The Hall–Kier alpha value is -4.14. The van der Waals surface area contributed by atoms with Gasteiger partial charge in [0, 0.05) is 12.6 Å². The summed E-state index contributed by atoms with van der Waals surface area (Å²) in [4.78, 5) is 33.6. The highest BCUT2D eigenvalue weighted by molar-refractivity contribution is 5.93. The molecular weight excluding hydrogens is 422 g/mol. The molecule has 0 aliphatic carbocycles. The van der Waals surface area contributed by atoms with Crippen molar-refractivity contribution in [3.63, 3.8) is 0 Å². The van der Waals surface area contributed by atoms with Gasteiger partial charge in [0.2, 0.25) is 0 Å². The van der Waals surface area contributed by atoms with Crippen LogP contribution in [0.2, 0.25) is 0 Å². The summed E-state index contributed by atoms with van der Waals surface area (Å²) in [6.07, 6.45) is 2.48. The molecule has 4 rings (SSSR count). The lowest BCUT2D eigenvalue weighted by atomic mass is 10.2. The van der Waals surface area contributed by atoms with E-state index >= 15 is 0 Å². The van der Waals surface area contributed by atoms with E-state index in [1.54, 1.807) is 35.3 Å². The van der Waals surface area contributed by atoms with Crippen LogP contribution in [0.1, 0.15) is 24.6 Å². The molecule has 0 unspecified atom stereocenters. The SMILES string of the molecule is CCCn1cnc2nc(COc3ccccc3NC(=O)COc3ccccc3C)cc(=O)n21. The van der Waals surface area contributed by atoms with Gasteiger partial charge in [-0.3, -0.25) is 14.3 Å². The largest absolute Gasteiger partial charge is 0.485 e. The number of carbonyl (C=O) groups excluding carboxylic acids is 1. The van der Waals surface area contributed by atoms with Crippen molar-refractivity contribution >= 4 is 17.4 Å². The lowest BCUT2D eigenvalue weighted by Gasteiger charge is -2.13. The second-order valence-electron chi connectivity index (χ2n) is 7.49. The van der Waals surface area contributed by atoms with Crippen molar-refractivity contribution in [2.45, 2.75) is 33.4 Å². The van der Waals surface area contributed by atoms with Crippen LogP contribution in [-0.2, 0) is 17.9 Å². The minimum absolute atomic E-state index is 0.0545. The molecule has 0 saturated carbocycles. The Kier molecular flexibility index (Phi) is 6.68. The third-order valence-electron chi connectivity index (χ3n) is 4.94. The molecule has 33 heavy (non-hydrogen) atoms. The number of nitrogens with zero attached hydrogens (tertiary/aromatic N) is 4. The highest BCUT2D eigenvalue weighted by atomic mass is 16.5. The van der Waals surface area contributed by atoms with Gasteiger partial charge in [-0.05, 0) is 37.1 Å². The maximum absolute atomic E-state index is 12.5. The molecule has 9 heteroatoms. The summed E-state index contributed by atoms with van der Waals surface area (Å²) in [5.74, 6) is 1.13. The Labute approximate surface area is 190 Å². The van der Waals surface area contributed by atoms with Crippen LogP contribution < -0.4 is 20.3 Å². The second-order valence-corrected chi connectivity index (χ2v) is 7.49. The molecule has 0 radical (unpaired) electrons. The van der Waals surface area contributed by atoms with Crippen LogP contribution in [0.4, 0.5) is 5.69 Å². The molecule has 0 saturated heterocycles. The van der Waals surface area contributed by atoms with E-state index in [1.165, 1.54) is 10.6 Å². The highest BCUT2D eigenvalue weighted by Crippen LogP contribution is 2.24. The number of nitrogens with one attached hydrogen (secondary N) is 1. The molecule has 0 atom stereocenters. The number of amides is 1. The van der Waals surface area contributed by atoms with Gasteiger partial charge in [0.1, 0.15) is 24.4 Å². The molecule has 170 valence electrons. The number of hydrogen-bond acceptors (Lipinski definition) is 6. The average Bonchev–Trinajstić information content (AvgIpc) is 3.21. The van der Waals surface area contributed by atoms with Gasteiger partial charge in [-0.1, -0.05) is 37.3 Å². The Bertz CT molecular complexity index is 1330. The van der Waals surface area contributed by atoms with E-state index in [9.17, 15) is 9.59 Å². The minimum atomic E-state index is -0.312. The summed E-state index contributed by atoms with van der Waals surface area (Å²) >= 11 is 0. The fourth-order valence-electron chi connectivity index (χ4n) is 3.36. The lowest BCUT2D eigenvalue weighted by Crippen LogP contribution is -2.22. The number of anilines is 1. The van der Waals surface area contributed by atoms with Gasteiger partial charge in [0.25, 0.3) is 17.2 Å². The van der Waals surface area contributed by atoms with E-state index in [0.717, 1.165) is 12.0 Å². The smallest absolute Gasteiger partial charge is 0.274 e. The predicted octanol–water partition coefficient (Wildman–Crippen LogP) is 3.21. The Morgan fingerprint density at radius 2 is 1.82 bits per heavy atom. The van der Waals surface area contributed by atoms with E-state index < -0.39 is 0 Å². The average molecular weight is 447 g/mol. The molecular formula is C24H25N5O4. The van der Waals surface area contributed by atoms with Crippen LogP contribution >= 0.6 is 0 Å². The fourth-order valence-corrected chi connectivity index (χ4v) is 3.36. The Morgan fingerprint density at radius 1 is 1.06 bits per heavy atom. The van der Waals surface area contributed by atoms with Crippen LogP contribution in [0.25, 0.3) is 5.78 Å². The zero-order valence-corrected chi connectivity index (χ0v) is 18.5. The van der Waals surface area contributed by atoms with Crippen molar-refractivity contribution < 1.29 is 14.3 Å². The quantitative estimate of drug-likeness (QED) is 0.423. The first-order valence-corrected chi connectivity index (χ1v) is 10.7. The Balaban J connectivity index is 1.42. The molecule has 0 bridgehead atoms. The van der Waals surface area contributed by atoms with Crippen LogP contribution in [0.3, 0.4) is 0 Å². The molecule has 2 aromatic carbocycles. The van der Waals surface area contributed by atoms with Crippen molar-refractivity contribution in [2.24, 2.45) is 0 Å². The molecule has 0 spiro atoms. The molecule has 9 nitrogen and oxygen atoms in total. The van der Waals surface area contributed by atoms with Gasteiger partial charge in [-0.25, -0.2) is 4.98 Å². The monoisotopic (exact) mass is 447 g/mol. The number of fused-ring (bicyclic) bond motifs is 1. The summed E-state index contributed by atoms with van der Waals surface area (Å²) in [6.45, 7) is 4.54. The molecule has 2 heterocycles. The maximum atomic E-state index is 12.5. The van der Waals surface area contributed by atoms with Gasteiger partial charge in [0.05, 0.1) is 11.4 Å². The molecule has 0 aliphatic rings. The van der Waals surface area contributed by atoms with Crippen LogP contribution in [-0.4, -0.2) is 31.7 Å². The topological polar surface area (TPSA) is 99.8 Å². The van der Waals surface area contributed by atoms with Crippen molar-refractivity contribution in [2.75, 3.05) is 11.9 Å². The number of aromatic nitrogens is 4. The molecule has 2 aromatic heterocycles. The lowest BCUT2D eigenvalue weighted by molar-refractivity contribution is -0.118. The number of benzene rings is 2. The van der Waals surface area contributed by atoms with Gasteiger partial charge < -0.3 is 14.8 Å². The van der Waals surface area contributed by atoms with Crippen molar-refractivity contribution in [3.8, 4) is 11.5 Å². The molecule has 1 amide bonds. The van der Waals surface area contributed by atoms with Gasteiger partial charge >= 0.3 is 0 Å². The standard InChI is InChI=1S/C24H25N5O4/c1-3-12-28-16-25-24-26-18(13-23(31)29(24)28)14-32-21-11-7-5-9-19(21)27-22(30)15-33-20-10-6-4-8-17(20)2/h4-11,13,16H,3,12,14-15H2,1-2H3,(H,27,30). The minimum Gasteiger partial charge on any atom is -0.485 e. The molecule has 4 aromatic rings. The van der Waals surface area contributed by atoms with Crippen molar-refractivity contribution in [3.05, 3.63) is 82.5 Å². The van der Waals surface area contributed by atoms with Gasteiger partial charge in [-0.2, -0.15) is 9.50 Å². The second kappa shape index (κ2) is 9.99. The number of aryl methyl sites for hydroxylation is 2. The van der Waals surface area contributed by atoms with Crippen LogP contribution in [0.15, 0.2) is 65.7 Å². The number of hydrogen-bond donors (Lipinski definition) is 1. The number of para-hydroxylation sites is 3. The zero-order chi connectivity index (χ0) is 23.2. The number of ether oxygens (including phenoxy) is 2. The van der Waals surface area contributed by atoms with E-state index in [1.807, 2.05) is 38.1 Å². The molecule has 0 aliphatic heterocycles. The normalized spacial score (nSPS) is 10.8. The summed E-state index contributed by atoms with van der Waals surface area (Å²) in [6, 6.07) is 16.0. The van der Waals surface area contributed by atoms with E-state index in [2.05, 4.69) is 15.3 Å². The third-order valence-corrected chi connectivity index (χ3v) is 4.94. The first-order valence-electron chi connectivity index (χ1n) is 10.7. The first kappa shape index (κ1) is 22.1. The summed E-state index contributed by atoms with van der Waals surface area (Å²) in [5.41, 5.74) is 1.68. The van der Waals surface area contributed by atoms with E-state index in [0.29, 0.717) is 35.2 Å². The summed E-state index contributed by atoms with van der Waals surface area (Å²) < 4.78 is 14.6. The van der Waals surface area contributed by atoms with Crippen molar-refractivity contribution in [1.29, 1.82) is 0 Å². The molecule has 0 fully saturated rings.